The Morgan fingerprint density at radius 1 is 1.15 bits per heavy atom. The van der Waals surface area contributed by atoms with E-state index in [0.29, 0.717) is 5.54 Å². The molecule has 0 saturated heterocycles. The van der Waals surface area contributed by atoms with E-state index in [0.717, 1.165) is 6.54 Å². The minimum atomic E-state index is 0.314. The Balaban J connectivity index is 2.39. The van der Waals surface area contributed by atoms with Gasteiger partial charge < -0.3 is 0 Å². The van der Waals surface area contributed by atoms with Gasteiger partial charge in [0.2, 0.25) is 0 Å². The quantitative estimate of drug-likeness (QED) is 0.585. The van der Waals surface area contributed by atoms with Crippen molar-refractivity contribution < 1.29 is 0 Å². The van der Waals surface area contributed by atoms with Gasteiger partial charge in [-0.1, -0.05) is 24.3 Å². The molecule has 0 aromatic heterocycles. The molecule has 0 spiro atoms. The maximum Gasteiger partial charge on any atom is 0.0238 e. The molecular formula is C12H17N. The smallest absolute Gasteiger partial charge is 0.0238 e. The minimum absolute atomic E-state index is 0.314. The summed E-state index contributed by atoms with van der Waals surface area (Å²) in [5, 5.41) is 0. The molecule has 0 amide bonds. The van der Waals surface area contributed by atoms with Gasteiger partial charge in [-0.15, -0.1) is 0 Å². The second-order valence-corrected chi connectivity index (χ2v) is 4.61. The molecule has 0 atom stereocenters. The number of nitrogens with zero attached hydrogens (tertiary/aromatic N) is 1. The number of fused-ring (bicyclic) bond motifs is 1. The van der Waals surface area contributed by atoms with Crippen molar-refractivity contribution in [3.05, 3.63) is 35.4 Å². The van der Waals surface area contributed by atoms with Crippen LogP contribution in [0.3, 0.4) is 0 Å². The summed E-state index contributed by atoms with van der Waals surface area (Å²) in [6.07, 6.45) is 1.17. The second-order valence-electron chi connectivity index (χ2n) is 4.61. The van der Waals surface area contributed by atoms with Crippen molar-refractivity contribution in [2.24, 2.45) is 0 Å². The molecule has 2 rings (SSSR count). The average Bonchev–Trinajstić information content (AvgIpc) is 2.06. The van der Waals surface area contributed by atoms with Gasteiger partial charge in [-0.3, -0.25) is 4.90 Å². The first-order valence-corrected chi connectivity index (χ1v) is 4.88. The highest BCUT2D eigenvalue weighted by Crippen LogP contribution is 2.28. The van der Waals surface area contributed by atoms with E-state index in [9.17, 15) is 0 Å². The van der Waals surface area contributed by atoms with Gasteiger partial charge in [0.05, 0.1) is 0 Å². The average molecular weight is 175 g/mol. The topological polar surface area (TPSA) is 3.24 Å². The fourth-order valence-corrected chi connectivity index (χ4v) is 1.95. The van der Waals surface area contributed by atoms with Gasteiger partial charge in [0.15, 0.2) is 0 Å². The molecule has 1 heterocycles. The predicted octanol–water partition coefficient (Wildman–Crippen LogP) is 2.45. The van der Waals surface area contributed by atoms with Gasteiger partial charge in [-0.25, -0.2) is 0 Å². The Kier molecular flexibility index (Phi) is 1.92. The van der Waals surface area contributed by atoms with Gasteiger partial charge in [-0.05, 0) is 38.4 Å². The lowest BCUT2D eigenvalue weighted by molar-refractivity contribution is 0.133. The van der Waals surface area contributed by atoms with E-state index in [1.165, 1.54) is 17.5 Å². The van der Waals surface area contributed by atoms with Crippen LogP contribution in [0.25, 0.3) is 0 Å². The first-order valence-electron chi connectivity index (χ1n) is 4.88. The molecule has 0 unspecified atom stereocenters. The summed E-state index contributed by atoms with van der Waals surface area (Å²) >= 11 is 0. The third-order valence-electron chi connectivity index (χ3n) is 3.18. The van der Waals surface area contributed by atoms with Crippen LogP contribution >= 0.6 is 0 Å². The molecule has 1 aliphatic rings. The van der Waals surface area contributed by atoms with Crippen molar-refractivity contribution in [1.82, 2.24) is 4.90 Å². The molecule has 0 radical (unpaired) electrons. The molecule has 0 N–H and O–H groups in total. The zero-order valence-electron chi connectivity index (χ0n) is 8.67. The lowest BCUT2D eigenvalue weighted by Gasteiger charge is -2.40. The van der Waals surface area contributed by atoms with Crippen molar-refractivity contribution in [1.29, 1.82) is 0 Å². The molecule has 1 nitrogen and oxygen atoms in total. The Labute approximate surface area is 80.4 Å². The summed E-state index contributed by atoms with van der Waals surface area (Å²) in [5.41, 5.74) is 3.32. The molecule has 70 valence electrons. The van der Waals surface area contributed by atoms with Crippen LogP contribution in [0, 0.1) is 0 Å². The van der Waals surface area contributed by atoms with Crippen LogP contribution in [-0.2, 0) is 13.0 Å². The second kappa shape index (κ2) is 2.85. The van der Waals surface area contributed by atoms with Crippen LogP contribution in [0.2, 0.25) is 0 Å². The summed E-state index contributed by atoms with van der Waals surface area (Å²) in [6.45, 7) is 5.70. The fraction of sp³-hybridized carbons (Fsp3) is 0.500. The molecule has 13 heavy (non-hydrogen) atoms. The summed E-state index contributed by atoms with van der Waals surface area (Å²) in [4.78, 5) is 2.43. The monoisotopic (exact) mass is 175 g/mol. The third kappa shape index (κ3) is 1.49. The number of hydrogen-bond acceptors (Lipinski definition) is 1. The first-order chi connectivity index (χ1) is 6.09. The van der Waals surface area contributed by atoms with Gasteiger partial charge in [0.1, 0.15) is 0 Å². The van der Waals surface area contributed by atoms with Gasteiger partial charge in [-0.2, -0.15) is 0 Å². The van der Waals surface area contributed by atoms with Crippen LogP contribution in [0.15, 0.2) is 24.3 Å². The van der Waals surface area contributed by atoms with Crippen LogP contribution in [0.1, 0.15) is 25.0 Å². The molecule has 0 bridgehead atoms. The minimum Gasteiger partial charge on any atom is -0.297 e. The van der Waals surface area contributed by atoms with Crippen molar-refractivity contribution in [3.8, 4) is 0 Å². The van der Waals surface area contributed by atoms with Crippen molar-refractivity contribution >= 4 is 0 Å². The number of likely N-dealkylation sites (N-methyl/N-ethyl adjacent to an activating group) is 1. The Bertz CT molecular complexity index is 315. The molecule has 1 aliphatic heterocycles. The lowest BCUT2D eigenvalue weighted by Crippen LogP contribution is -2.45. The summed E-state index contributed by atoms with van der Waals surface area (Å²) in [6, 6.07) is 8.76. The summed E-state index contributed by atoms with van der Waals surface area (Å²) < 4.78 is 0. The summed E-state index contributed by atoms with van der Waals surface area (Å²) in [5.74, 6) is 0. The predicted molar refractivity (Wildman–Crippen MR) is 55.7 cm³/mol. The number of benzene rings is 1. The van der Waals surface area contributed by atoms with Gasteiger partial charge in [0.25, 0.3) is 0 Å². The summed E-state index contributed by atoms with van der Waals surface area (Å²) in [7, 11) is 2.20. The maximum atomic E-state index is 2.43. The highest BCUT2D eigenvalue weighted by molar-refractivity contribution is 5.31. The highest BCUT2D eigenvalue weighted by Gasteiger charge is 2.29. The van der Waals surface area contributed by atoms with Crippen molar-refractivity contribution in [3.63, 3.8) is 0 Å². The van der Waals surface area contributed by atoms with E-state index in [1.807, 2.05) is 0 Å². The van der Waals surface area contributed by atoms with E-state index in [1.54, 1.807) is 0 Å². The highest BCUT2D eigenvalue weighted by atomic mass is 15.2. The van der Waals surface area contributed by atoms with Crippen molar-refractivity contribution in [2.45, 2.75) is 32.4 Å². The number of hydrogen-bond donors (Lipinski definition) is 0. The number of rotatable bonds is 0. The molecule has 0 saturated carbocycles. The molecule has 0 aliphatic carbocycles. The van der Waals surface area contributed by atoms with Crippen molar-refractivity contribution in [2.75, 3.05) is 7.05 Å². The van der Waals surface area contributed by atoms with Gasteiger partial charge in [0, 0.05) is 12.1 Å². The largest absolute Gasteiger partial charge is 0.297 e. The standard InChI is InChI=1S/C12H17N/c1-12(2)8-10-6-4-5-7-11(10)9-13(12)3/h4-7H,8-9H2,1-3H3. The SMILES string of the molecule is CN1Cc2ccccc2CC1(C)C. The van der Waals surface area contributed by atoms with Crippen LogP contribution < -0.4 is 0 Å². The van der Waals surface area contributed by atoms with E-state index < -0.39 is 0 Å². The Morgan fingerprint density at radius 3 is 2.46 bits per heavy atom. The lowest BCUT2D eigenvalue weighted by atomic mass is 9.86. The normalized spacial score (nSPS) is 21.2. The van der Waals surface area contributed by atoms with E-state index in [-0.39, 0.29) is 0 Å². The third-order valence-corrected chi connectivity index (χ3v) is 3.18. The van der Waals surface area contributed by atoms with E-state index >= 15 is 0 Å². The van der Waals surface area contributed by atoms with Crippen LogP contribution in [0.4, 0.5) is 0 Å². The molecule has 1 aromatic carbocycles. The Morgan fingerprint density at radius 2 is 1.77 bits per heavy atom. The molecular weight excluding hydrogens is 158 g/mol. The van der Waals surface area contributed by atoms with E-state index in [4.69, 9.17) is 0 Å². The fourth-order valence-electron chi connectivity index (χ4n) is 1.95. The zero-order chi connectivity index (χ0) is 9.47. The maximum absolute atomic E-state index is 2.43. The molecule has 0 fully saturated rings. The molecule has 1 aromatic rings. The zero-order valence-corrected chi connectivity index (χ0v) is 8.67. The molecule has 1 heteroatoms. The van der Waals surface area contributed by atoms with Gasteiger partial charge >= 0.3 is 0 Å². The Hall–Kier alpha value is -0.820. The van der Waals surface area contributed by atoms with E-state index in [2.05, 4.69) is 50.1 Å². The van der Waals surface area contributed by atoms with Crippen LogP contribution in [0.5, 0.6) is 0 Å². The van der Waals surface area contributed by atoms with Crippen LogP contribution in [-0.4, -0.2) is 17.5 Å². The first kappa shape index (κ1) is 8.76.